The molecule has 1 fully saturated rings. The highest BCUT2D eigenvalue weighted by atomic mass is 32.2. The third-order valence-electron chi connectivity index (χ3n) is 5.71. The van der Waals surface area contributed by atoms with Crippen LogP contribution >= 0.6 is 0 Å². The van der Waals surface area contributed by atoms with Gasteiger partial charge in [-0.2, -0.15) is 0 Å². The minimum Gasteiger partial charge on any atom is -0.346 e. The Morgan fingerprint density at radius 3 is 2.68 bits per heavy atom. The van der Waals surface area contributed by atoms with Gasteiger partial charge in [0.05, 0.1) is 29.3 Å². The fourth-order valence-corrected chi connectivity index (χ4v) is 5.65. The van der Waals surface area contributed by atoms with Gasteiger partial charge < -0.3 is 9.88 Å². The first-order valence-corrected chi connectivity index (χ1v) is 11.2. The van der Waals surface area contributed by atoms with Gasteiger partial charge in [-0.1, -0.05) is 0 Å². The monoisotopic (exact) mass is 396 g/mol. The van der Waals surface area contributed by atoms with Crippen molar-refractivity contribution < 1.29 is 13.2 Å². The fourth-order valence-electron chi connectivity index (χ4n) is 4.06. The molecule has 0 saturated carbocycles. The third-order valence-corrected chi connectivity index (χ3v) is 7.42. The van der Waals surface area contributed by atoms with Gasteiger partial charge in [-0.05, 0) is 37.0 Å². The summed E-state index contributed by atoms with van der Waals surface area (Å²) in [7, 11) is -2.90. The zero-order valence-electron chi connectivity index (χ0n) is 15.3. The lowest BCUT2D eigenvalue weighted by Gasteiger charge is -2.27. The molecule has 0 bridgehead atoms. The molecule has 144 valence electrons. The predicted octanol–water partition coefficient (Wildman–Crippen LogP) is 2.34. The second-order valence-electron chi connectivity index (χ2n) is 7.61. The Kier molecular flexibility index (Phi) is 3.97. The fraction of sp³-hybridized carbons (Fsp3) is 0.350. The summed E-state index contributed by atoms with van der Waals surface area (Å²) >= 11 is 0. The first-order valence-electron chi connectivity index (χ1n) is 9.42. The number of hydrogen-bond donors (Lipinski definition) is 1. The number of sulfone groups is 1. The van der Waals surface area contributed by atoms with Crippen LogP contribution < -0.4 is 4.90 Å². The van der Waals surface area contributed by atoms with E-state index in [1.807, 2.05) is 18.3 Å². The highest BCUT2D eigenvalue weighted by molar-refractivity contribution is 7.91. The van der Waals surface area contributed by atoms with Crippen LogP contribution in [0.2, 0.25) is 0 Å². The molecule has 5 heterocycles. The Balaban J connectivity index is 1.44. The van der Waals surface area contributed by atoms with Gasteiger partial charge in [0.15, 0.2) is 0 Å². The minimum absolute atomic E-state index is 0.0345. The molecule has 0 radical (unpaired) electrons. The van der Waals surface area contributed by atoms with Gasteiger partial charge in [0.2, 0.25) is 5.91 Å². The summed E-state index contributed by atoms with van der Waals surface area (Å²) < 4.78 is 23.3. The maximum atomic E-state index is 12.6. The van der Waals surface area contributed by atoms with Gasteiger partial charge in [0.1, 0.15) is 15.5 Å². The molecule has 2 aliphatic heterocycles. The van der Waals surface area contributed by atoms with Crippen molar-refractivity contribution in [1.29, 1.82) is 0 Å². The zero-order valence-corrected chi connectivity index (χ0v) is 16.1. The first kappa shape index (κ1) is 17.4. The van der Waals surface area contributed by atoms with Crippen molar-refractivity contribution >= 4 is 32.5 Å². The Bertz CT molecular complexity index is 1170. The molecule has 8 heteroatoms. The summed E-state index contributed by atoms with van der Waals surface area (Å²) in [4.78, 5) is 26.4. The Morgan fingerprint density at radius 1 is 1.11 bits per heavy atom. The second-order valence-corrected chi connectivity index (χ2v) is 9.91. The van der Waals surface area contributed by atoms with E-state index in [9.17, 15) is 13.2 Å². The lowest BCUT2D eigenvalue weighted by molar-refractivity contribution is -0.117. The van der Waals surface area contributed by atoms with Crippen molar-refractivity contribution in [2.24, 2.45) is 5.92 Å². The number of nitrogens with one attached hydrogen (secondary N) is 1. The number of aromatic amines is 1. The Morgan fingerprint density at radius 2 is 1.86 bits per heavy atom. The summed E-state index contributed by atoms with van der Waals surface area (Å²) in [6, 6.07) is 6.03. The molecular formula is C20H20N4O3S. The smallest absolute Gasteiger partial charge is 0.233 e. The number of carbonyl (C=O) groups is 1. The van der Waals surface area contributed by atoms with Crippen molar-refractivity contribution in [2.75, 3.05) is 23.0 Å². The molecule has 5 rings (SSSR count). The van der Waals surface area contributed by atoms with Crippen molar-refractivity contribution in [3.05, 3.63) is 42.5 Å². The molecule has 1 N–H and O–H groups in total. The number of rotatable bonds is 3. The summed E-state index contributed by atoms with van der Waals surface area (Å²) in [6.45, 7) is 0.557. The maximum absolute atomic E-state index is 12.6. The van der Waals surface area contributed by atoms with E-state index in [-0.39, 0.29) is 23.3 Å². The van der Waals surface area contributed by atoms with Crippen LogP contribution in [-0.4, -0.2) is 47.3 Å². The number of amides is 1. The maximum Gasteiger partial charge on any atom is 0.233 e. The number of fused-ring (bicyclic) bond motifs is 2. The van der Waals surface area contributed by atoms with Crippen LogP contribution in [0.25, 0.3) is 22.2 Å². The molecule has 1 saturated heterocycles. The molecular weight excluding hydrogens is 376 g/mol. The minimum atomic E-state index is -2.90. The van der Waals surface area contributed by atoms with Crippen molar-refractivity contribution in [1.82, 2.24) is 15.0 Å². The quantitative estimate of drug-likeness (QED) is 0.733. The Hall–Kier alpha value is -2.74. The van der Waals surface area contributed by atoms with Gasteiger partial charge in [0, 0.05) is 41.6 Å². The lowest BCUT2D eigenvalue weighted by atomic mass is 10.0. The number of pyridine rings is 2. The second kappa shape index (κ2) is 6.41. The van der Waals surface area contributed by atoms with Crippen LogP contribution in [0.1, 0.15) is 18.5 Å². The first-order chi connectivity index (χ1) is 13.5. The highest BCUT2D eigenvalue weighted by Crippen LogP contribution is 2.34. The van der Waals surface area contributed by atoms with Crippen molar-refractivity contribution in [3.63, 3.8) is 0 Å². The van der Waals surface area contributed by atoms with Gasteiger partial charge in [-0.15, -0.1) is 0 Å². The number of carbonyl (C=O) groups excluding carboxylic acids is 1. The van der Waals surface area contributed by atoms with Crippen LogP contribution in [0.15, 0.2) is 36.8 Å². The van der Waals surface area contributed by atoms with Gasteiger partial charge >= 0.3 is 0 Å². The number of hydrogen-bond acceptors (Lipinski definition) is 5. The SMILES string of the molecule is O=C1Cc2ncc(-c3cnc4[nH]ccc4c3)cc2N1CC1CCS(=O)(=O)CC1. The number of aromatic nitrogens is 3. The summed E-state index contributed by atoms with van der Waals surface area (Å²) in [6.07, 6.45) is 6.97. The standard InChI is InChI=1S/C20H20N4O3S/c25-19-9-17-18(24(19)12-13-2-5-28(26,27)6-3-13)8-16(10-22-17)15-7-14-1-4-21-20(14)23-11-15/h1,4,7-8,10-11,13H,2-3,5-6,9,12H2,(H,21,23). The molecule has 0 aromatic carbocycles. The van der Waals surface area contributed by atoms with Crippen molar-refractivity contribution in [2.45, 2.75) is 19.3 Å². The van der Waals surface area contributed by atoms with E-state index >= 15 is 0 Å². The number of H-pyrrole nitrogens is 1. The van der Waals surface area contributed by atoms with Crippen LogP contribution in [0.3, 0.4) is 0 Å². The summed E-state index contributed by atoms with van der Waals surface area (Å²) in [5, 5.41) is 1.02. The third kappa shape index (κ3) is 3.07. The molecule has 3 aromatic rings. The van der Waals surface area contributed by atoms with E-state index in [0.717, 1.165) is 33.5 Å². The molecule has 0 spiro atoms. The van der Waals surface area contributed by atoms with E-state index in [4.69, 9.17) is 0 Å². The average molecular weight is 396 g/mol. The molecule has 0 aliphatic carbocycles. The van der Waals surface area contributed by atoms with E-state index in [1.54, 1.807) is 17.3 Å². The van der Waals surface area contributed by atoms with E-state index < -0.39 is 9.84 Å². The number of nitrogens with zero attached hydrogens (tertiary/aromatic N) is 3. The van der Waals surface area contributed by atoms with E-state index in [1.165, 1.54) is 0 Å². The molecule has 3 aromatic heterocycles. The van der Waals surface area contributed by atoms with E-state index in [0.29, 0.717) is 25.8 Å². The molecule has 1 amide bonds. The van der Waals surface area contributed by atoms with Crippen molar-refractivity contribution in [3.8, 4) is 11.1 Å². The van der Waals surface area contributed by atoms with Crippen LogP contribution in [-0.2, 0) is 21.1 Å². The van der Waals surface area contributed by atoms with Crippen LogP contribution in [0, 0.1) is 5.92 Å². The largest absolute Gasteiger partial charge is 0.346 e. The molecule has 2 aliphatic rings. The average Bonchev–Trinajstić information content (AvgIpc) is 3.26. The van der Waals surface area contributed by atoms with Gasteiger partial charge in [0.25, 0.3) is 0 Å². The molecule has 7 nitrogen and oxygen atoms in total. The Labute approximate surface area is 162 Å². The highest BCUT2D eigenvalue weighted by Gasteiger charge is 2.33. The molecule has 0 unspecified atom stereocenters. The lowest BCUT2D eigenvalue weighted by Crippen LogP contribution is -2.36. The summed E-state index contributed by atoms with van der Waals surface area (Å²) in [5.41, 5.74) is 4.32. The molecule has 28 heavy (non-hydrogen) atoms. The van der Waals surface area contributed by atoms with E-state index in [2.05, 4.69) is 21.0 Å². The normalized spacial score (nSPS) is 19.3. The zero-order chi connectivity index (χ0) is 19.3. The molecule has 0 atom stereocenters. The summed E-state index contributed by atoms with van der Waals surface area (Å²) in [5.74, 6) is 0.674. The van der Waals surface area contributed by atoms with Crippen LogP contribution in [0.4, 0.5) is 5.69 Å². The van der Waals surface area contributed by atoms with Crippen LogP contribution in [0.5, 0.6) is 0 Å². The number of anilines is 1. The predicted molar refractivity (Wildman–Crippen MR) is 107 cm³/mol. The topological polar surface area (TPSA) is 96.0 Å². The van der Waals surface area contributed by atoms with Gasteiger partial charge in [-0.3, -0.25) is 9.78 Å². The van der Waals surface area contributed by atoms with Gasteiger partial charge in [-0.25, -0.2) is 13.4 Å².